The van der Waals surface area contributed by atoms with E-state index in [2.05, 4.69) is 61.9 Å². The first-order chi connectivity index (χ1) is 16.5. The summed E-state index contributed by atoms with van der Waals surface area (Å²) in [5, 5.41) is 10.1. The van der Waals surface area contributed by atoms with Gasteiger partial charge < -0.3 is 16.0 Å². The fraction of sp³-hybridized carbons (Fsp3) is 0.364. The molecule has 2 aromatic heterocycles. The minimum absolute atomic E-state index is 0.00455. The molecule has 3 N–H and O–H groups in total. The minimum Gasteiger partial charge on any atom is -0.363 e. The number of benzene rings is 1. The molecule has 0 unspecified atom stereocenters. The Morgan fingerprint density at radius 2 is 1.97 bits per heavy atom. The zero-order valence-corrected chi connectivity index (χ0v) is 21.8. The molecule has 1 aromatic carbocycles. The van der Waals surface area contributed by atoms with Crippen LogP contribution in [0.5, 0.6) is 0 Å². The molecule has 186 valence electrons. The summed E-state index contributed by atoms with van der Waals surface area (Å²) >= 11 is 12.2. The second-order valence-electron chi connectivity index (χ2n) is 8.86. The van der Waals surface area contributed by atoms with Gasteiger partial charge in [-0.25, -0.2) is 18.4 Å². The van der Waals surface area contributed by atoms with Gasteiger partial charge in [-0.3, -0.25) is 4.98 Å². The van der Waals surface area contributed by atoms with Crippen molar-refractivity contribution in [3.8, 4) is 0 Å². The average molecular weight is 537 g/mol. The van der Waals surface area contributed by atoms with Gasteiger partial charge in [-0.15, -0.1) is 0 Å². The van der Waals surface area contributed by atoms with Crippen molar-refractivity contribution < 1.29 is 8.42 Å². The quantitative estimate of drug-likeness (QED) is 0.388. The van der Waals surface area contributed by atoms with Crippen molar-refractivity contribution in [2.45, 2.75) is 32.2 Å². The van der Waals surface area contributed by atoms with E-state index >= 15 is 0 Å². The maximum absolute atomic E-state index is 11.8. The summed E-state index contributed by atoms with van der Waals surface area (Å²) in [6, 6.07) is 6.29. The molecule has 3 heterocycles. The Morgan fingerprint density at radius 3 is 2.74 bits per heavy atom. The summed E-state index contributed by atoms with van der Waals surface area (Å²) in [6.07, 6.45) is 6.20. The Balaban J connectivity index is 1.53. The molecule has 0 radical (unpaired) electrons. The number of hydrogen-bond donors (Lipinski definition) is 3. The SMILES string of the molecule is CC1(C)CNCCc2cc(Nc3ncc(Cl)c(NCc4nccnc4N(Cl)S(C)(=O)=O)n3)ccc21. The molecule has 0 fully saturated rings. The van der Waals surface area contributed by atoms with Crippen LogP contribution >= 0.6 is 23.4 Å². The lowest BCUT2D eigenvalue weighted by Gasteiger charge is -2.25. The summed E-state index contributed by atoms with van der Waals surface area (Å²) < 4.78 is 24.2. The third-order valence-corrected chi connectivity index (χ3v) is 7.55. The van der Waals surface area contributed by atoms with E-state index in [0.29, 0.717) is 26.3 Å². The molecular formula is C22H26Cl2N8O2S. The van der Waals surface area contributed by atoms with Gasteiger partial charge in [-0.05, 0) is 36.2 Å². The lowest BCUT2D eigenvalue weighted by Crippen LogP contribution is -2.31. The molecule has 4 rings (SSSR count). The molecular weight excluding hydrogens is 511 g/mol. The second-order valence-corrected chi connectivity index (χ2v) is 11.6. The zero-order valence-electron chi connectivity index (χ0n) is 19.5. The standard InChI is InChI=1S/C22H26Cl2N8O2S/c1-22(2)13-25-7-6-14-10-15(4-5-16(14)22)30-21-29-11-17(23)19(31-21)28-12-18-20(27-9-8-26-18)32(24)35(3,33)34/h4-5,8-11,25H,6-7,12-13H2,1-3H3,(H2,28,29,30,31). The lowest BCUT2D eigenvalue weighted by atomic mass is 9.82. The van der Waals surface area contributed by atoms with Crippen molar-refractivity contribution >= 4 is 56.7 Å². The Morgan fingerprint density at radius 1 is 1.20 bits per heavy atom. The van der Waals surface area contributed by atoms with Crippen LogP contribution in [-0.2, 0) is 28.4 Å². The van der Waals surface area contributed by atoms with Gasteiger partial charge in [0.05, 0.1) is 19.0 Å². The highest BCUT2D eigenvalue weighted by atomic mass is 35.5. The predicted molar refractivity (Wildman–Crippen MR) is 139 cm³/mol. The number of fused-ring (bicyclic) bond motifs is 1. The predicted octanol–water partition coefficient (Wildman–Crippen LogP) is 3.62. The topological polar surface area (TPSA) is 125 Å². The number of halogens is 2. The smallest absolute Gasteiger partial charge is 0.247 e. The van der Waals surface area contributed by atoms with Crippen molar-refractivity contribution in [3.05, 3.63) is 58.6 Å². The normalized spacial score (nSPS) is 15.1. The zero-order chi connectivity index (χ0) is 25.2. The Hall–Kier alpha value is -2.73. The molecule has 13 heteroatoms. The molecule has 0 amide bonds. The number of sulfonamides is 1. The van der Waals surface area contributed by atoms with Gasteiger partial charge in [0.25, 0.3) is 0 Å². The number of rotatable bonds is 7. The molecule has 3 aromatic rings. The summed E-state index contributed by atoms with van der Waals surface area (Å²) in [5.74, 6) is 0.703. The molecule has 0 spiro atoms. The van der Waals surface area contributed by atoms with Crippen LogP contribution in [0.4, 0.5) is 23.3 Å². The van der Waals surface area contributed by atoms with Gasteiger partial charge in [0.15, 0.2) is 11.6 Å². The van der Waals surface area contributed by atoms with E-state index in [-0.39, 0.29) is 17.8 Å². The fourth-order valence-corrected chi connectivity index (χ4v) is 4.66. The average Bonchev–Trinajstić information content (AvgIpc) is 2.96. The van der Waals surface area contributed by atoms with Gasteiger partial charge in [-0.2, -0.15) is 8.81 Å². The van der Waals surface area contributed by atoms with E-state index in [0.717, 1.165) is 31.5 Å². The number of nitrogens with zero attached hydrogens (tertiary/aromatic N) is 5. The molecule has 0 saturated heterocycles. The maximum atomic E-state index is 11.8. The minimum atomic E-state index is -3.72. The number of nitrogens with one attached hydrogen (secondary N) is 3. The number of hydrogen-bond acceptors (Lipinski definition) is 9. The molecule has 35 heavy (non-hydrogen) atoms. The van der Waals surface area contributed by atoms with Gasteiger partial charge in [0, 0.05) is 41.8 Å². The first-order valence-electron chi connectivity index (χ1n) is 10.9. The summed E-state index contributed by atoms with van der Waals surface area (Å²) in [6.45, 7) is 6.41. The summed E-state index contributed by atoms with van der Waals surface area (Å²) in [5.41, 5.74) is 3.84. The van der Waals surface area contributed by atoms with Crippen LogP contribution in [0.15, 0.2) is 36.8 Å². The van der Waals surface area contributed by atoms with Crippen LogP contribution in [0.25, 0.3) is 0 Å². The first kappa shape index (κ1) is 25.4. The largest absolute Gasteiger partial charge is 0.363 e. The summed E-state index contributed by atoms with van der Waals surface area (Å²) in [4.78, 5) is 17.0. The van der Waals surface area contributed by atoms with E-state index in [1.54, 1.807) is 0 Å². The molecule has 0 aliphatic carbocycles. The van der Waals surface area contributed by atoms with Crippen LogP contribution in [0.1, 0.15) is 30.7 Å². The van der Waals surface area contributed by atoms with Crippen molar-refractivity contribution in [1.29, 1.82) is 0 Å². The summed E-state index contributed by atoms with van der Waals surface area (Å²) in [7, 11) is -3.72. The van der Waals surface area contributed by atoms with E-state index in [9.17, 15) is 8.42 Å². The highest BCUT2D eigenvalue weighted by Gasteiger charge is 2.26. The molecule has 10 nitrogen and oxygen atoms in total. The monoisotopic (exact) mass is 536 g/mol. The lowest BCUT2D eigenvalue weighted by molar-refractivity contribution is 0.488. The van der Waals surface area contributed by atoms with E-state index in [1.165, 1.54) is 29.7 Å². The number of anilines is 4. The molecule has 0 atom stereocenters. The highest BCUT2D eigenvalue weighted by Crippen LogP contribution is 2.31. The van der Waals surface area contributed by atoms with E-state index in [1.807, 2.05) is 6.07 Å². The van der Waals surface area contributed by atoms with Crippen LogP contribution in [0.3, 0.4) is 0 Å². The van der Waals surface area contributed by atoms with Crippen LogP contribution < -0.4 is 19.8 Å². The van der Waals surface area contributed by atoms with Crippen LogP contribution in [-0.4, -0.2) is 47.7 Å². The van der Waals surface area contributed by atoms with Crippen molar-refractivity contribution in [2.24, 2.45) is 0 Å². The van der Waals surface area contributed by atoms with Crippen LogP contribution in [0.2, 0.25) is 5.02 Å². The van der Waals surface area contributed by atoms with Gasteiger partial charge in [-0.1, -0.05) is 31.5 Å². The third-order valence-electron chi connectivity index (χ3n) is 5.61. The Bertz CT molecular complexity index is 1340. The second kappa shape index (κ2) is 10.1. The molecule has 0 bridgehead atoms. The van der Waals surface area contributed by atoms with E-state index < -0.39 is 10.0 Å². The van der Waals surface area contributed by atoms with Crippen molar-refractivity contribution in [2.75, 3.05) is 33.8 Å². The van der Waals surface area contributed by atoms with Gasteiger partial charge in [0.2, 0.25) is 16.0 Å². The van der Waals surface area contributed by atoms with Gasteiger partial charge >= 0.3 is 0 Å². The van der Waals surface area contributed by atoms with Crippen LogP contribution in [0, 0.1) is 0 Å². The molecule has 1 aliphatic rings. The Labute approximate surface area is 214 Å². The third kappa shape index (κ3) is 5.92. The first-order valence-corrected chi connectivity index (χ1v) is 13.4. The molecule has 0 saturated carbocycles. The molecule has 1 aliphatic heterocycles. The van der Waals surface area contributed by atoms with Gasteiger partial charge in [0.1, 0.15) is 10.7 Å². The fourth-order valence-electron chi connectivity index (χ4n) is 3.89. The van der Waals surface area contributed by atoms with E-state index in [4.69, 9.17) is 23.4 Å². The Kier molecular flexibility index (Phi) is 7.32. The van der Waals surface area contributed by atoms with Crippen molar-refractivity contribution in [1.82, 2.24) is 25.3 Å². The number of aromatic nitrogens is 4. The maximum Gasteiger partial charge on any atom is 0.247 e. The van der Waals surface area contributed by atoms with Crippen molar-refractivity contribution in [3.63, 3.8) is 0 Å². The highest BCUT2D eigenvalue weighted by molar-refractivity contribution is 7.93.